The van der Waals surface area contributed by atoms with Gasteiger partial charge in [0.15, 0.2) is 11.1 Å². The third-order valence-corrected chi connectivity index (χ3v) is 4.97. The molecule has 4 rings (SSSR count). The fourth-order valence-corrected chi connectivity index (χ4v) is 3.57. The number of pyridine rings is 1. The van der Waals surface area contributed by atoms with Gasteiger partial charge in [-0.25, -0.2) is 9.97 Å². The monoisotopic (exact) mass is 379 g/mol. The van der Waals surface area contributed by atoms with Gasteiger partial charge in [-0.1, -0.05) is 17.7 Å². The maximum atomic E-state index is 6.11. The average Bonchev–Trinajstić information content (AvgIpc) is 3.13. The number of hydrogen-bond acceptors (Lipinski definition) is 7. The lowest BCUT2D eigenvalue weighted by molar-refractivity contribution is 0.461. The average molecular weight is 379 g/mol. The molecular formula is C20H21N5OS. The van der Waals surface area contributed by atoms with Crippen molar-refractivity contribution in [3.05, 3.63) is 53.0 Å². The van der Waals surface area contributed by atoms with Crippen molar-refractivity contribution in [2.75, 3.05) is 18.4 Å². The summed E-state index contributed by atoms with van der Waals surface area (Å²) in [5, 5.41) is 9.27. The second kappa shape index (κ2) is 7.75. The molecule has 0 aliphatic carbocycles. The number of aliphatic imine (C=N–C) groups is 1. The van der Waals surface area contributed by atoms with E-state index in [2.05, 4.69) is 38.6 Å². The maximum absolute atomic E-state index is 6.11. The van der Waals surface area contributed by atoms with E-state index in [1.807, 2.05) is 36.6 Å². The lowest BCUT2D eigenvalue weighted by Gasteiger charge is -2.14. The zero-order valence-corrected chi connectivity index (χ0v) is 16.1. The van der Waals surface area contributed by atoms with Crippen molar-refractivity contribution in [1.29, 1.82) is 0 Å². The standard InChI is InChI=1S/C20H21N5OS/c1-13-6-7-17(14(2)11-13)26-18-15(5-3-8-21-18)16-12-27-20(24-16)25-19-22-9-4-10-23-19/h3,5-8,11-12H,4,9-10H2,1-2H3,(H2,22,23,24,25). The molecule has 0 spiro atoms. The molecule has 0 atom stereocenters. The van der Waals surface area contributed by atoms with Crippen molar-refractivity contribution < 1.29 is 4.74 Å². The van der Waals surface area contributed by atoms with Gasteiger partial charge in [-0.2, -0.15) is 0 Å². The van der Waals surface area contributed by atoms with Crippen molar-refractivity contribution in [3.63, 3.8) is 0 Å². The van der Waals surface area contributed by atoms with E-state index >= 15 is 0 Å². The molecule has 0 saturated carbocycles. The number of thiazole rings is 1. The van der Waals surface area contributed by atoms with Crippen molar-refractivity contribution >= 4 is 22.4 Å². The number of nitrogens with one attached hydrogen (secondary N) is 2. The summed E-state index contributed by atoms with van der Waals surface area (Å²) in [6, 6.07) is 9.98. The number of guanidine groups is 1. The number of rotatable bonds is 4. The topological polar surface area (TPSA) is 71.4 Å². The Morgan fingerprint density at radius 2 is 2.15 bits per heavy atom. The molecule has 1 aliphatic heterocycles. The molecule has 0 saturated heterocycles. The van der Waals surface area contributed by atoms with Crippen LogP contribution in [0, 0.1) is 13.8 Å². The summed E-state index contributed by atoms with van der Waals surface area (Å²) in [5.41, 5.74) is 3.97. The summed E-state index contributed by atoms with van der Waals surface area (Å²) in [7, 11) is 0. The first kappa shape index (κ1) is 17.5. The molecule has 6 nitrogen and oxygen atoms in total. The van der Waals surface area contributed by atoms with Crippen LogP contribution < -0.4 is 15.4 Å². The number of aryl methyl sites for hydroxylation is 2. The van der Waals surface area contributed by atoms with Crippen molar-refractivity contribution in [3.8, 4) is 22.9 Å². The lowest BCUT2D eigenvalue weighted by atomic mass is 10.1. The van der Waals surface area contributed by atoms with Gasteiger partial charge in [0.05, 0.1) is 11.3 Å². The van der Waals surface area contributed by atoms with Crippen LogP contribution >= 0.6 is 11.3 Å². The van der Waals surface area contributed by atoms with Crippen LogP contribution in [0.2, 0.25) is 0 Å². The first-order valence-electron chi connectivity index (χ1n) is 8.90. The number of hydrogen-bond donors (Lipinski definition) is 2. The number of anilines is 1. The van der Waals surface area contributed by atoms with Crippen LogP contribution in [0.1, 0.15) is 17.5 Å². The normalized spacial score (nSPS) is 13.6. The summed E-state index contributed by atoms with van der Waals surface area (Å²) in [4.78, 5) is 13.5. The first-order valence-corrected chi connectivity index (χ1v) is 9.78. The fraction of sp³-hybridized carbons (Fsp3) is 0.250. The molecule has 0 unspecified atom stereocenters. The molecule has 2 N–H and O–H groups in total. The number of nitrogens with zero attached hydrogens (tertiary/aromatic N) is 3. The molecule has 0 radical (unpaired) electrons. The van der Waals surface area contributed by atoms with E-state index in [0.717, 1.165) is 53.2 Å². The Labute approximate surface area is 162 Å². The van der Waals surface area contributed by atoms with Crippen molar-refractivity contribution in [2.24, 2.45) is 4.99 Å². The summed E-state index contributed by atoms with van der Waals surface area (Å²) in [5.74, 6) is 2.13. The smallest absolute Gasteiger partial charge is 0.228 e. The van der Waals surface area contributed by atoms with Gasteiger partial charge < -0.3 is 15.4 Å². The second-order valence-corrected chi connectivity index (χ2v) is 7.26. The zero-order chi connectivity index (χ0) is 18.6. The van der Waals surface area contributed by atoms with Gasteiger partial charge in [0.1, 0.15) is 5.75 Å². The van der Waals surface area contributed by atoms with Crippen LogP contribution in [0.4, 0.5) is 5.13 Å². The third-order valence-electron chi connectivity index (χ3n) is 4.21. The van der Waals surface area contributed by atoms with Crippen molar-refractivity contribution in [2.45, 2.75) is 20.3 Å². The van der Waals surface area contributed by atoms with Crippen LogP contribution in [-0.2, 0) is 0 Å². The Balaban J connectivity index is 1.58. The van der Waals surface area contributed by atoms with Crippen LogP contribution in [0.3, 0.4) is 0 Å². The van der Waals surface area contributed by atoms with Crippen LogP contribution in [0.15, 0.2) is 46.9 Å². The van der Waals surface area contributed by atoms with Gasteiger partial charge in [0.2, 0.25) is 5.88 Å². The molecular weight excluding hydrogens is 358 g/mol. The zero-order valence-electron chi connectivity index (χ0n) is 15.3. The molecule has 0 amide bonds. The Kier molecular flexibility index (Phi) is 5.02. The van der Waals surface area contributed by atoms with Crippen LogP contribution in [0.5, 0.6) is 11.6 Å². The molecule has 2 aromatic heterocycles. The van der Waals surface area contributed by atoms with E-state index in [4.69, 9.17) is 4.74 Å². The highest BCUT2D eigenvalue weighted by atomic mass is 32.1. The maximum Gasteiger partial charge on any atom is 0.228 e. The predicted octanol–water partition coefficient (Wildman–Crippen LogP) is 4.38. The Morgan fingerprint density at radius 3 is 2.96 bits per heavy atom. The van der Waals surface area contributed by atoms with E-state index in [-0.39, 0.29) is 0 Å². The first-order chi connectivity index (χ1) is 13.2. The van der Waals surface area contributed by atoms with Gasteiger partial charge in [-0.15, -0.1) is 11.3 Å². The molecule has 1 aromatic carbocycles. The summed E-state index contributed by atoms with van der Waals surface area (Å²) >= 11 is 1.53. The molecule has 27 heavy (non-hydrogen) atoms. The number of benzene rings is 1. The summed E-state index contributed by atoms with van der Waals surface area (Å²) in [6.07, 6.45) is 2.79. The number of aromatic nitrogens is 2. The third kappa shape index (κ3) is 4.09. The molecule has 3 aromatic rings. The number of ether oxygens (including phenoxy) is 1. The molecule has 0 fully saturated rings. The summed E-state index contributed by atoms with van der Waals surface area (Å²) < 4.78 is 6.11. The quantitative estimate of drug-likeness (QED) is 0.704. The van der Waals surface area contributed by atoms with E-state index < -0.39 is 0 Å². The van der Waals surface area contributed by atoms with Crippen LogP contribution in [0.25, 0.3) is 11.3 Å². The molecule has 3 heterocycles. The van der Waals surface area contributed by atoms with Gasteiger partial charge in [-0.3, -0.25) is 4.99 Å². The van der Waals surface area contributed by atoms with Crippen molar-refractivity contribution in [1.82, 2.24) is 15.3 Å². The van der Waals surface area contributed by atoms with Crippen LogP contribution in [-0.4, -0.2) is 29.0 Å². The SMILES string of the molecule is Cc1ccc(Oc2ncccc2-c2csc(NC3=NCCCN3)n2)c(C)c1. The van der Waals surface area contributed by atoms with E-state index in [0.29, 0.717) is 5.88 Å². The van der Waals surface area contributed by atoms with Gasteiger partial charge in [0.25, 0.3) is 0 Å². The molecule has 7 heteroatoms. The Bertz CT molecular complexity index is 982. The minimum atomic E-state index is 0.550. The summed E-state index contributed by atoms with van der Waals surface area (Å²) in [6.45, 7) is 5.87. The highest BCUT2D eigenvalue weighted by molar-refractivity contribution is 7.14. The molecule has 0 bridgehead atoms. The minimum Gasteiger partial charge on any atom is -0.438 e. The highest BCUT2D eigenvalue weighted by Gasteiger charge is 2.14. The second-order valence-electron chi connectivity index (χ2n) is 6.40. The van der Waals surface area contributed by atoms with E-state index in [9.17, 15) is 0 Å². The van der Waals surface area contributed by atoms with Gasteiger partial charge >= 0.3 is 0 Å². The van der Waals surface area contributed by atoms with Gasteiger partial charge in [-0.05, 0) is 44.0 Å². The largest absolute Gasteiger partial charge is 0.438 e. The Morgan fingerprint density at radius 1 is 1.22 bits per heavy atom. The predicted molar refractivity (Wildman–Crippen MR) is 110 cm³/mol. The highest BCUT2D eigenvalue weighted by Crippen LogP contribution is 2.34. The van der Waals surface area contributed by atoms with Gasteiger partial charge in [0, 0.05) is 24.7 Å². The van der Waals surface area contributed by atoms with E-state index in [1.165, 1.54) is 16.9 Å². The van der Waals surface area contributed by atoms with E-state index in [1.54, 1.807) is 6.20 Å². The fourth-order valence-electron chi connectivity index (χ4n) is 2.86. The molecule has 138 valence electrons. The lowest BCUT2D eigenvalue weighted by Crippen LogP contribution is -2.35. The minimum absolute atomic E-state index is 0.550. The molecule has 1 aliphatic rings. The Hall–Kier alpha value is -2.93.